The second-order valence-corrected chi connectivity index (χ2v) is 24.8. The number of hydrogen-bond donors (Lipinski definition) is 2. The van der Waals surface area contributed by atoms with Crippen molar-refractivity contribution in [3.05, 3.63) is 134 Å². The molecule has 0 radical (unpaired) electrons. The van der Waals surface area contributed by atoms with Gasteiger partial charge in [-0.15, -0.1) is 0 Å². The average Bonchev–Trinajstić information content (AvgIpc) is 3.45. The molecular formula is C73H127N2O6P. The molecule has 0 saturated heterocycles. The first kappa shape index (κ1) is 78.6. The van der Waals surface area contributed by atoms with Gasteiger partial charge in [0.25, 0.3) is 7.82 Å². The lowest BCUT2D eigenvalue weighted by Gasteiger charge is -2.29. The monoisotopic (exact) mass is 1160 g/mol. The number of unbranched alkanes of at least 4 members (excludes halogenated alkanes) is 27. The molecule has 8 nitrogen and oxygen atoms in total. The van der Waals surface area contributed by atoms with Gasteiger partial charge in [-0.25, -0.2) is 0 Å². The maximum Gasteiger partial charge on any atom is 0.268 e. The largest absolute Gasteiger partial charge is 0.756 e. The number of rotatable bonds is 60. The van der Waals surface area contributed by atoms with E-state index in [2.05, 4.69) is 141 Å². The summed E-state index contributed by atoms with van der Waals surface area (Å²) >= 11 is 0. The Morgan fingerprint density at radius 3 is 1.13 bits per heavy atom. The van der Waals surface area contributed by atoms with Gasteiger partial charge in [0.1, 0.15) is 13.2 Å². The van der Waals surface area contributed by atoms with Gasteiger partial charge in [-0.05, 0) is 103 Å². The van der Waals surface area contributed by atoms with Crippen molar-refractivity contribution in [1.82, 2.24) is 5.32 Å². The first-order valence-corrected chi connectivity index (χ1v) is 35.0. The number of aliphatic hydroxyl groups is 1. The number of nitrogens with zero attached hydrogens (tertiary/aromatic N) is 1. The van der Waals surface area contributed by atoms with Gasteiger partial charge in [0.05, 0.1) is 39.9 Å². The molecule has 0 aliphatic carbocycles. The molecular weight excluding hydrogens is 1030 g/mol. The number of aliphatic hydroxyl groups excluding tert-OH is 1. The van der Waals surface area contributed by atoms with E-state index >= 15 is 0 Å². The Kier molecular flexibility index (Phi) is 59.6. The summed E-state index contributed by atoms with van der Waals surface area (Å²) in [4.78, 5) is 25.6. The van der Waals surface area contributed by atoms with Crippen LogP contribution in [0.4, 0.5) is 0 Å². The number of phosphoric ester groups is 1. The van der Waals surface area contributed by atoms with Crippen LogP contribution in [-0.4, -0.2) is 68.5 Å². The minimum absolute atomic E-state index is 0.0154. The van der Waals surface area contributed by atoms with Crippen molar-refractivity contribution in [1.29, 1.82) is 0 Å². The smallest absolute Gasteiger partial charge is 0.268 e. The van der Waals surface area contributed by atoms with E-state index in [4.69, 9.17) is 9.05 Å². The SMILES string of the molecule is CC/C=C\C/C=C\C/C=C\C/C=C\C/C=C\C/C=C\C/C=C\C/C=C\C/C=C\CCCCCCCCCC(=O)NC(COP(=O)([O-])OCC[N+](C)(C)C)C(O)/C=C/CC/C=C/CCCCCCCCCCCCCCCCCCCCC. The fourth-order valence-corrected chi connectivity index (χ4v) is 9.89. The molecule has 0 saturated carbocycles. The van der Waals surface area contributed by atoms with Crippen LogP contribution in [0, 0.1) is 0 Å². The zero-order valence-corrected chi connectivity index (χ0v) is 54.5. The highest BCUT2D eigenvalue weighted by Gasteiger charge is 2.23. The molecule has 0 rings (SSSR count). The van der Waals surface area contributed by atoms with Crippen LogP contribution in [-0.2, 0) is 18.4 Å². The number of phosphoric acid groups is 1. The van der Waals surface area contributed by atoms with E-state index < -0.39 is 26.6 Å². The summed E-state index contributed by atoms with van der Waals surface area (Å²) in [6.45, 7) is 4.51. The number of quaternary nitrogens is 1. The Labute approximate surface area is 506 Å². The van der Waals surface area contributed by atoms with Crippen LogP contribution in [0.2, 0.25) is 0 Å². The van der Waals surface area contributed by atoms with E-state index in [0.29, 0.717) is 17.4 Å². The summed E-state index contributed by atoms with van der Waals surface area (Å²) in [5.41, 5.74) is 0. The zero-order valence-electron chi connectivity index (χ0n) is 53.6. The Morgan fingerprint density at radius 1 is 0.439 bits per heavy atom. The predicted octanol–water partition coefficient (Wildman–Crippen LogP) is 20.8. The molecule has 82 heavy (non-hydrogen) atoms. The molecule has 1 amide bonds. The first-order chi connectivity index (χ1) is 40.0. The van der Waals surface area contributed by atoms with Crippen LogP contribution in [0.3, 0.4) is 0 Å². The van der Waals surface area contributed by atoms with Crippen molar-refractivity contribution >= 4 is 13.7 Å². The summed E-state index contributed by atoms with van der Waals surface area (Å²) in [6, 6.07) is -0.921. The summed E-state index contributed by atoms with van der Waals surface area (Å²) in [5, 5.41) is 13.9. The number of nitrogens with one attached hydrogen (secondary N) is 1. The Balaban J connectivity index is 4.23. The highest BCUT2D eigenvalue weighted by molar-refractivity contribution is 7.45. The Morgan fingerprint density at radius 2 is 0.756 bits per heavy atom. The number of likely N-dealkylation sites (N-methyl/N-ethyl adjacent to an activating group) is 1. The van der Waals surface area contributed by atoms with E-state index in [-0.39, 0.29) is 12.5 Å². The number of carbonyl (C=O) groups excluding carboxylic acids is 1. The molecule has 0 spiro atoms. The quantitative estimate of drug-likeness (QED) is 0.0272. The molecule has 3 atom stereocenters. The van der Waals surface area contributed by atoms with Gasteiger partial charge >= 0.3 is 0 Å². The van der Waals surface area contributed by atoms with Gasteiger partial charge in [0.2, 0.25) is 5.91 Å². The molecule has 0 fully saturated rings. The van der Waals surface area contributed by atoms with Crippen LogP contribution in [0.15, 0.2) is 134 Å². The highest BCUT2D eigenvalue weighted by Crippen LogP contribution is 2.38. The average molecular weight is 1160 g/mol. The zero-order chi connectivity index (χ0) is 59.8. The molecule has 3 unspecified atom stereocenters. The van der Waals surface area contributed by atoms with E-state index in [1.54, 1.807) is 6.08 Å². The molecule has 2 N–H and O–H groups in total. The molecule has 0 heterocycles. The number of hydrogen-bond acceptors (Lipinski definition) is 6. The van der Waals surface area contributed by atoms with E-state index in [0.717, 1.165) is 109 Å². The lowest BCUT2D eigenvalue weighted by molar-refractivity contribution is -0.870. The fourth-order valence-electron chi connectivity index (χ4n) is 9.16. The second kappa shape index (κ2) is 62.2. The molecule has 0 aliphatic rings. The molecule has 0 aromatic heterocycles. The van der Waals surface area contributed by atoms with Crippen molar-refractivity contribution in [3.8, 4) is 0 Å². The van der Waals surface area contributed by atoms with Gasteiger partial charge in [0.15, 0.2) is 0 Å². The number of allylic oxidation sites excluding steroid dienone is 21. The topological polar surface area (TPSA) is 108 Å². The van der Waals surface area contributed by atoms with Gasteiger partial charge in [0, 0.05) is 6.42 Å². The van der Waals surface area contributed by atoms with Crippen LogP contribution in [0.1, 0.15) is 271 Å². The molecule has 0 bridgehead atoms. The number of carbonyl (C=O) groups is 1. The van der Waals surface area contributed by atoms with Crippen LogP contribution in [0.25, 0.3) is 0 Å². The van der Waals surface area contributed by atoms with Gasteiger partial charge in [-0.2, -0.15) is 0 Å². The van der Waals surface area contributed by atoms with E-state index in [1.165, 1.54) is 141 Å². The third-order valence-electron chi connectivity index (χ3n) is 14.3. The summed E-state index contributed by atoms with van der Waals surface area (Å²) in [5.74, 6) is -0.222. The molecule has 9 heteroatoms. The molecule has 0 aromatic rings. The second-order valence-electron chi connectivity index (χ2n) is 23.4. The van der Waals surface area contributed by atoms with Crippen molar-refractivity contribution < 1.29 is 32.9 Å². The summed E-state index contributed by atoms with van der Waals surface area (Å²) < 4.78 is 23.4. The molecule has 0 aromatic carbocycles. The van der Waals surface area contributed by atoms with Crippen molar-refractivity contribution in [3.63, 3.8) is 0 Å². The maximum atomic E-state index is 13.0. The normalized spacial score (nSPS) is 14.6. The Hall–Kier alpha value is -3.36. The van der Waals surface area contributed by atoms with Crippen LogP contribution >= 0.6 is 7.82 Å². The van der Waals surface area contributed by atoms with Crippen molar-refractivity contribution in [2.24, 2.45) is 0 Å². The highest BCUT2D eigenvalue weighted by atomic mass is 31.2. The molecule has 0 aliphatic heterocycles. The summed E-state index contributed by atoms with van der Waals surface area (Å²) in [7, 11) is 1.22. The molecule has 470 valence electrons. The minimum atomic E-state index is -4.62. The number of amides is 1. The Bertz CT molecular complexity index is 1800. The third-order valence-corrected chi connectivity index (χ3v) is 15.3. The van der Waals surface area contributed by atoms with E-state index in [1.807, 2.05) is 27.2 Å². The first-order valence-electron chi connectivity index (χ1n) is 33.5. The van der Waals surface area contributed by atoms with Gasteiger partial charge < -0.3 is 28.8 Å². The standard InChI is InChI=1S/C73H127N2O6P/c1-6-8-10-12-14-16-18-20-22-24-26-28-30-32-33-34-35-36-37-38-39-40-41-43-45-47-49-51-53-55-57-59-61-63-65-67-73(77)74-71(70-81-82(78,79)80-69-68-75(3,4)5)72(76)66-64-62-60-58-56-54-52-50-48-46-44-42-31-29-27-25-23-21-19-17-15-13-11-9-7-2/h8,10,14,16,20,22,26,28,32-33,35-36,38-39,41,43,47,49,56,58,64,66,71-72,76H,6-7,9,11-13,15,17-19,21,23-25,27,29-31,34,37,40,42,44-46,48,50-55,57,59-63,65,67-70H2,1-5H3,(H-,74,77,78,79)/b10-8-,16-14-,22-20-,28-26-,33-32-,36-35-,39-38-,43-41-,49-47-,58-56+,66-64+. The third kappa shape index (κ3) is 64.2. The fraction of sp³-hybridized carbons (Fsp3) is 0.685. The van der Waals surface area contributed by atoms with Gasteiger partial charge in [-0.3, -0.25) is 9.36 Å². The lowest BCUT2D eigenvalue weighted by atomic mass is 10.0. The van der Waals surface area contributed by atoms with Crippen molar-refractivity contribution in [2.75, 3.05) is 40.9 Å². The van der Waals surface area contributed by atoms with Crippen LogP contribution in [0.5, 0.6) is 0 Å². The van der Waals surface area contributed by atoms with Crippen LogP contribution < -0.4 is 10.2 Å². The lowest BCUT2D eigenvalue weighted by Crippen LogP contribution is -2.45. The summed E-state index contributed by atoms with van der Waals surface area (Å²) in [6.07, 6.45) is 94.1. The van der Waals surface area contributed by atoms with Gasteiger partial charge in [-0.1, -0.05) is 295 Å². The maximum absolute atomic E-state index is 13.0. The predicted molar refractivity (Wildman–Crippen MR) is 357 cm³/mol. The van der Waals surface area contributed by atoms with Crippen molar-refractivity contribution in [2.45, 2.75) is 283 Å². The minimum Gasteiger partial charge on any atom is -0.756 e. The van der Waals surface area contributed by atoms with E-state index in [9.17, 15) is 19.4 Å².